The van der Waals surface area contributed by atoms with Gasteiger partial charge in [0.05, 0.1) is 25.1 Å². The Balaban J connectivity index is 2.90. The van der Waals surface area contributed by atoms with Crippen LogP contribution in [0.15, 0.2) is 43.0 Å². The molecule has 0 saturated heterocycles. The number of carbonyl (C=O) groups excluding carboxylic acids is 3. The monoisotopic (exact) mass is 539 g/mol. The minimum absolute atomic E-state index is 0.0443. The van der Waals surface area contributed by atoms with Gasteiger partial charge < -0.3 is 46.2 Å². The number of alkyl carbamates (subject to hydrolysis) is 1. The largest absolute Gasteiger partial charge is 0.481 e. The normalized spacial score (nSPS) is 16.1. The summed E-state index contributed by atoms with van der Waals surface area (Å²) in [6, 6.07) is 4.24. The van der Waals surface area contributed by atoms with Gasteiger partial charge in [0.25, 0.3) is 5.91 Å². The van der Waals surface area contributed by atoms with Crippen LogP contribution in [0.5, 0.6) is 0 Å². The molecule has 0 heterocycles. The number of aliphatic hydroxyl groups is 4. The zero-order chi connectivity index (χ0) is 29.0. The van der Waals surface area contributed by atoms with Crippen molar-refractivity contribution in [2.45, 2.75) is 75.7 Å². The molecule has 0 aliphatic carbocycles. The number of hydrogen-bond acceptors (Lipinski definition) is 9. The van der Waals surface area contributed by atoms with E-state index >= 15 is 0 Å². The molecule has 1 aromatic rings. The first-order chi connectivity index (χ1) is 17.7. The van der Waals surface area contributed by atoms with Gasteiger partial charge in [-0.05, 0) is 32.8 Å². The Kier molecular flexibility index (Phi) is 12.9. The van der Waals surface area contributed by atoms with Crippen LogP contribution < -0.4 is 16.0 Å². The van der Waals surface area contributed by atoms with Crippen molar-refractivity contribution in [3.05, 3.63) is 48.6 Å². The predicted octanol–water partition coefficient (Wildman–Crippen LogP) is -0.652. The molecule has 13 heteroatoms. The number of carbonyl (C=O) groups is 4. The second-order valence-electron chi connectivity index (χ2n) is 9.52. The Morgan fingerprint density at radius 2 is 1.58 bits per heavy atom. The van der Waals surface area contributed by atoms with Crippen LogP contribution >= 0.6 is 0 Å². The molecular formula is C25H37N3O10. The quantitative estimate of drug-likeness (QED) is 0.140. The van der Waals surface area contributed by atoms with E-state index in [2.05, 4.69) is 22.5 Å². The van der Waals surface area contributed by atoms with Gasteiger partial charge in [0.2, 0.25) is 5.91 Å². The molecule has 0 radical (unpaired) electrons. The second kappa shape index (κ2) is 15.0. The average Bonchev–Trinajstić information content (AvgIpc) is 2.84. The Morgan fingerprint density at radius 3 is 2.08 bits per heavy atom. The number of aliphatic hydroxyl groups excluding tert-OH is 4. The number of aliphatic carboxylic acids is 1. The van der Waals surface area contributed by atoms with Gasteiger partial charge in [-0.1, -0.05) is 36.4 Å². The standard InChI is InChI=1S/C25H37N3O10/c1-5-9-15(28-24(37)38-25(2,3)4)22(35)27-17(13-29)19(32)20(33)21(34)23(36)26-16(12-18(30)31)14-10-7-6-8-11-14/h5-8,10-11,15-17,19-21,29,32-34H,1,9,12-13H2,2-4H3,(H,26,36)(H,27,35)(H,28,37)(H,30,31)/t15-,16-,17-,19+,20+,21-/m0/s1. The molecule has 0 fully saturated rings. The third-order valence-electron chi connectivity index (χ3n) is 5.19. The van der Waals surface area contributed by atoms with Crippen molar-refractivity contribution in [1.29, 1.82) is 0 Å². The zero-order valence-electron chi connectivity index (χ0n) is 21.5. The summed E-state index contributed by atoms with van der Waals surface area (Å²) in [6.07, 6.45) is -6.60. The molecule has 0 spiro atoms. The van der Waals surface area contributed by atoms with Crippen LogP contribution in [-0.4, -0.2) is 92.0 Å². The van der Waals surface area contributed by atoms with Gasteiger partial charge in [-0.2, -0.15) is 0 Å². The summed E-state index contributed by atoms with van der Waals surface area (Å²) in [4.78, 5) is 48.6. The lowest BCUT2D eigenvalue weighted by Gasteiger charge is -2.30. The number of rotatable bonds is 14. The molecule has 38 heavy (non-hydrogen) atoms. The number of carboxylic acid groups (broad SMARTS) is 1. The van der Waals surface area contributed by atoms with Crippen LogP contribution in [0, 0.1) is 0 Å². The van der Waals surface area contributed by atoms with Gasteiger partial charge in [-0.25, -0.2) is 4.79 Å². The van der Waals surface area contributed by atoms with E-state index in [1.165, 1.54) is 6.08 Å². The highest BCUT2D eigenvalue weighted by Gasteiger charge is 2.37. The van der Waals surface area contributed by atoms with Crippen LogP contribution in [-0.2, 0) is 19.1 Å². The van der Waals surface area contributed by atoms with Crippen molar-refractivity contribution in [2.75, 3.05) is 6.61 Å². The Labute approximate surface area is 220 Å². The van der Waals surface area contributed by atoms with Crippen LogP contribution in [0.25, 0.3) is 0 Å². The molecule has 3 amide bonds. The third-order valence-corrected chi connectivity index (χ3v) is 5.19. The highest BCUT2D eigenvalue weighted by Crippen LogP contribution is 2.17. The van der Waals surface area contributed by atoms with Gasteiger partial charge in [0.1, 0.15) is 23.9 Å². The van der Waals surface area contributed by atoms with Crippen molar-refractivity contribution in [1.82, 2.24) is 16.0 Å². The molecule has 0 unspecified atom stereocenters. The summed E-state index contributed by atoms with van der Waals surface area (Å²) < 4.78 is 5.11. The van der Waals surface area contributed by atoms with Crippen molar-refractivity contribution in [3.8, 4) is 0 Å². The van der Waals surface area contributed by atoms with E-state index in [9.17, 15) is 39.6 Å². The molecule has 212 valence electrons. The van der Waals surface area contributed by atoms with Gasteiger partial charge in [0.15, 0.2) is 6.10 Å². The number of benzene rings is 1. The van der Waals surface area contributed by atoms with E-state index in [4.69, 9.17) is 9.84 Å². The van der Waals surface area contributed by atoms with Crippen molar-refractivity contribution in [3.63, 3.8) is 0 Å². The first-order valence-electron chi connectivity index (χ1n) is 11.8. The van der Waals surface area contributed by atoms with Crippen LogP contribution in [0.1, 0.15) is 45.2 Å². The second-order valence-corrected chi connectivity index (χ2v) is 9.52. The molecular weight excluding hydrogens is 502 g/mol. The van der Waals surface area contributed by atoms with E-state index in [0.29, 0.717) is 5.56 Å². The molecule has 0 aromatic heterocycles. The lowest BCUT2D eigenvalue weighted by atomic mass is 9.98. The number of ether oxygens (including phenoxy) is 1. The van der Waals surface area contributed by atoms with E-state index in [1.54, 1.807) is 51.1 Å². The fourth-order valence-corrected chi connectivity index (χ4v) is 3.32. The van der Waals surface area contributed by atoms with Crippen LogP contribution in [0.2, 0.25) is 0 Å². The smallest absolute Gasteiger partial charge is 0.408 e. The van der Waals surface area contributed by atoms with Crippen LogP contribution in [0.3, 0.4) is 0 Å². The maximum Gasteiger partial charge on any atom is 0.408 e. The Hall–Kier alpha value is -3.52. The summed E-state index contributed by atoms with van der Waals surface area (Å²) in [6.45, 7) is 7.48. The maximum atomic E-state index is 12.7. The molecule has 0 saturated carbocycles. The first-order valence-corrected chi connectivity index (χ1v) is 11.8. The van der Waals surface area contributed by atoms with Gasteiger partial charge in [0, 0.05) is 0 Å². The molecule has 13 nitrogen and oxygen atoms in total. The average molecular weight is 540 g/mol. The van der Waals surface area contributed by atoms with Gasteiger partial charge in [-0.3, -0.25) is 14.4 Å². The summed E-state index contributed by atoms with van der Waals surface area (Å²) >= 11 is 0. The van der Waals surface area contributed by atoms with E-state index in [0.717, 1.165) is 0 Å². The predicted molar refractivity (Wildman–Crippen MR) is 135 cm³/mol. The highest BCUT2D eigenvalue weighted by atomic mass is 16.6. The van der Waals surface area contributed by atoms with Crippen molar-refractivity contribution >= 4 is 23.9 Å². The number of carboxylic acids is 1. The summed E-state index contributed by atoms with van der Waals surface area (Å²) in [5.41, 5.74) is -0.412. The minimum Gasteiger partial charge on any atom is -0.481 e. The minimum atomic E-state index is -2.25. The van der Waals surface area contributed by atoms with Gasteiger partial charge >= 0.3 is 12.1 Å². The topological polar surface area (TPSA) is 215 Å². The number of hydrogen-bond donors (Lipinski definition) is 8. The maximum absolute atomic E-state index is 12.7. The SMILES string of the molecule is C=CC[C@H](NC(=O)OC(C)(C)C)C(=O)N[C@@H](CO)[C@@H](O)[C@@H](O)[C@H](O)C(=O)N[C@@H](CC(=O)O)c1ccccc1. The van der Waals surface area contributed by atoms with Crippen LogP contribution in [0.4, 0.5) is 4.79 Å². The fraction of sp³-hybridized carbons (Fsp3) is 0.520. The molecule has 1 aromatic carbocycles. The number of nitrogens with one attached hydrogen (secondary N) is 3. The Bertz CT molecular complexity index is 950. The summed E-state index contributed by atoms with van der Waals surface area (Å²) in [5.74, 6) is -3.29. The van der Waals surface area contributed by atoms with Crippen molar-refractivity contribution < 1.29 is 49.4 Å². The molecule has 1 rings (SSSR count). The molecule has 0 aliphatic rings. The zero-order valence-corrected chi connectivity index (χ0v) is 21.5. The summed E-state index contributed by atoms with van der Waals surface area (Å²) in [5, 5.41) is 57.0. The lowest BCUT2D eigenvalue weighted by Crippen LogP contribution is -2.59. The molecule has 6 atom stereocenters. The van der Waals surface area contributed by atoms with E-state index < -0.39 is 78.9 Å². The molecule has 0 aliphatic heterocycles. The fourth-order valence-electron chi connectivity index (χ4n) is 3.32. The van der Waals surface area contributed by atoms with Crippen molar-refractivity contribution in [2.24, 2.45) is 0 Å². The third kappa shape index (κ3) is 10.8. The van der Waals surface area contributed by atoms with E-state index in [-0.39, 0.29) is 6.42 Å². The highest BCUT2D eigenvalue weighted by molar-refractivity contribution is 5.86. The van der Waals surface area contributed by atoms with Gasteiger partial charge in [-0.15, -0.1) is 6.58 Å². The molecule has 0 bridgehead atoms. The number of amides is 3. The molecule has 8 N–H and O–H groups in total. The Morgan fingerprint density at radius 1 is 0.974 bits per heavy atom. The van der Waals surface area contributed by atoms with E-state index in [1.807, 2.05) is 0 Å². The first kappa shape index (κ1) is 32.5. The lowest BCUT2D eigenvalue weighted by molar-refractivity contribution is -0.145. The summed E-state index contributed by atoms with van der Waals surface area (Å²) in [7, 11) is 0.